The molecule has 0 amide bonds. The average Bonchev–Trinajstić information content (AvgIpc) is 2.64. The number of carboxylic acids is 4. The Hall–Kier alpha value is -2.37. The van der Waals surface area contributed by atoms with Crippen LogP contribution in [0, 0.1) is 5.41 Å². The highest BCUT2D eigenvalue weighted by molar-refractivity contribution is 6.41. The first kappa shape index (κ1) is 26.6. The molecule has 4 N–H and O–H groups in total. The number of ketones is 1. The van der Waals surface area contributed by atoms with Crippen molar-refractivity contribution >= 4 is 41.3 Å². The lowest BCUT2D eigenvalue weighted by Crippen LogP contribution is -2.42. The van der Waals surface area contributed by atoms with Gasteiger partial charge in [0.15, 0.2) is 29.7 Å². The summed E-state index contributed by atoms with van der Waals surface area (Å²) < 4.78 is 40.6. The molecule has 166 valence electrons. The van der Waals surface area contributed by atoms with Crippen LogP contribution in [-0.4, -0.2) is 74.0 Å². The Balaban J connectivity index is 5.94. The molecule has 4 unspecified atom stereocenters. The summed E-state index contributed by atoms with van der Waals surface area (Å²) in [5.74, 6) is -8.92. The van der Waals surface area contributed by atoms with Gasteiger partial charge in [0, 0.05) is 5.41 Å². The topological polar surface area (TPSA) is 166 Å². The monoisotopic (exact) mass is 448 g/mol. The molecule has 0 bridgehead atoms. The van der Waals surface area contributed by atoms with Gasteiger partial charge in [0.25, 0.3) is 0 Å². The van der Waals surface area contributed by atoms with Crippen LogP contribution in [0.4, 0.5) is 13.2 Å². The average molecular weight is 449 g/mol. The number of rotatable bonds is 15. The molecule has 0 aliphatic carbocycles. The fraction of sp³-hybridized carbons (Fsp3) is 0.688. The third-order valence-electron chi connectivity index (χ3n) is 4.40. The van der Waals surface area contributed by atoms with E-state index in [1.807, 2.05) is 0 Å². The van der Waals surface area contributed by atoms with E-state index >= 15 is 0 Å². The molecule has 0 aromatic heterocycles. The van der Waals surface area contributed by atoms with Gasteiger partial charge in [-0.3, -0.25) is 9.59 Å². The van der Waals surface area contributed by atoms with Crippen LogP contribution in [0.3, 0.4) is 0 Å². The molecular weight excluding hydrogens is 429 g/mol. The van der Waals surface area contributed by atoms with Crippen LogP contribution in [0.25, 0.3) is 0 Å². The van der Waals surface area contributed by atoms with Gasteiger partial charge < -0.3 is 20.4 Å². The van der Waals surface area contributed by atoms with Gasteiger partial charge in [-0.25, -0.2) is 27.6 Å². The number of carboxylic acid groups (broad SMARTS) is 4. The molecule has 0 aromatic carbocycles. The van der Waals surface area contributed by atoms with Crippen LogP contribution < -0.4 is 0 Å². The smallest absolute Gasteiger partial charge is 0.338 e. The molecule has 13 heteroatoms. The Bertz CT molecular complexity index is 583. The third kappa shape index (κ3) is 8.26. The minimum Gasteiger partial charge on any atom is -0.480 e. The molecule has 0 spiro atoms. The van der Waals surface area contributed by atoms with Gasteiger partial charge in [0.1, 0.15) is 0 Å². The number of hydrogen-bond donors (Lipinski definition) is 4. The number of carbonyl (C=O) groups excluding carboxylic acids is 1. The zero-order valence-electron chi connectivity index (χ0n) is 14.9. The molecule has 0 radical (unpaired) electrons. The summed E-state index contributed by atoms with van der Waals surface area (Å²) in [5, 5.41) is 32.6. The van der Waals surface area contributed by atoms with Crippen LogP contribution in [-0.2, 0) is 24.0 Å². The predicted octanol–water partition coefficient (Wildman–Crippen LogP) is 1.84. The number of hydrogen-bond acceptors (Lipinski definition) is 5. The zero-order chi connectivity index (χ0) is 22.9. The minimum absolute atomic E-state index is 0.742. The van der Waals surface area contributed by atoms with Crippen molar-refractivity contribution < 1.29 is 57.6 Å². The van der Waals surface area contributed by atoms with E-state index in [-0.39, 0.29) is 0 Å². The molecule has 0 aliphatic rings. The van der Waals surface area contributed by atoms with Gasteiger partial charge in [-0.15, -0.1) is 11.6 Å². The Labute approximate surface area is 167 Å². The highest BCUT2D eigenvalue weighted by Gasteiger charge is 2.45. The summed E-state index contributed by atoms with van der Waals surface area (Å²) in [4.78, 5) is 55.8. The van der Waals surface area contributed by atoms with Crippen LogP contribution in [0.1, 0.15) is 38.5 Å². The summed E-state index contributed by atoms with van der Waals surface area (Å²) >= 11 is 5.50. The second-order valence-corrected chi connectivity index (χ2v) is 6.82. The Morgan fingerprint density at radius 1 is 0.655 bits per heavy atom. The van der Waals surface area contributed by atoms with E-state index in [0.29, 0.717) is 0 Å². The molecule has 4 atom stereocenters. The third-order valence-corrected chi connectivity index (χ3v) is 4.79. The number of carbonyl (C=O) groups is 5. The lowest BCUT2D eigenvalue weighted by molar-refractivity contribution is -0.148. The number of halogens is 4. The Kier molecular flexibility index (Phi) is 10.6. The van der Waals surface area contributed by atoms with E-state index in [1.165, 1.54) is 0 Å². The van der Waals surface area contributed by atoms with Crippen molar-refractivity contribution in [2.75, 3.05) is 0 Å². The summed E-state index contributed by atoms with van der Waals surface area (Å²) in [6.07, 6.45) is -12.4. The summed E-state index contributed by atoms with van der Waals surface area (Å²) in [5.41, 5.74) is -2.15. The zero-order valence-corrected chi connectivity index (χ0v) is 15.6. The minimum atomic E-state index is -2.51. The van der Waals surface area contributed by atoms with Crippen molar-refractivity contribution in [2.45, 2.75) is 62.4 Å². The molecule has 29 heavy (non-hydrogen) atoms. The fourth-order valence-corrected chi connectivity index (χ4v) is 2.94. The van der Waals surface area contributed by atoms with Crippen molar-refractivity contribution in [3.63, 3.8) is 0 Å². The highest BCUT2D eigenvalue weighted by atomic mass is 35.5. The van der Waals surface area contributed by atoms with E-state index < -0.39 is 97.5 Å². The van der Waals surface area contributed by atoms with Crippen LogP contribution in [0.2, 0.25) is 0 Å². The lowest BCUT2D eigenvalue weighted by Gasteiger charge is -2.34. The largest absolute Gasteiger partial charge is 0.480 e. The molecule has 0 fully saturated rings. The Morgan fingerprint density at radius 3 is 1.14 bits per heavy atom. The van der Waals surface area contributed by atoms with Crippen LogP contribution in [0.15, 0.2) is 0 Å². The molecule has 0 aromatic rings. The van der Waals surface area contributed by atoms with Gasteiger partial charge in [-0.05, 0) is 38.5 Å². The molecule has 0 rings (SSSR count). The van der Waals surface area contributed by atoms with Gasteiger partial charge in [0.2, 0.25) is 0 Å². The lowest BCUT2D eigenvalue weighted by atomic mass is 9.70. The van der Waals surface area contributed by atoms with E-state index in [1.54, 1.807) is 0 Å². The molecule has 0 aliphatic heterocycles. The van der Waals surface area contributed by atoms with Gasteiger partial charge >= 0.3 is 23.9 Å². The second kappa shape index (κ2) is 11.6. The van der Waals surface area contributed by atoms with Crippen LogP contribution >= 0.6 is 11.6 Å². The molecular formula is C16H20ClF3O9. The predicted molar refractivity (Wildman–Crippen MR) is 90.0 cm³/mol. The van der Waals surface area contributed by atoms with Gasteiger partial charge in [0.05, 0.1) is 0 Å². The van der Waals surface area contributed by atoms with E-state index in [2.05, 4.69) is 0 Å². The van der Waals surface area contributed by atoms with Crippen molar-refractivity contribution in [1.82, 2.24) is 0 Å². The molecule has 0 saturated heterocycles. The van der Waals surface area contributed by atoms with E-state index in [9.17, 15) is 37.1 Å². The van der Waals surface area contributed by atoms with Crippen LogP contribution in [0.5, 0.6) is 0 Å². The molecule has 9 nitrogen and oxygen atoms in total. The fourth-order valence-electron chi connectivity index (χ4n) is 2.71. The first-order valence-corrected chi connectivity index (χ1v) is 8.70. The number of aliphatic carboxylic acids is 4. The SMILES string of the molecule is O=C(O)C(F)CCC(CCC(F)C(=O)O)(CCC(F)C(=O)O)C(=O)C(Cl)C(=O)O. The number of Topliss-reactive ketones (excluding diaryl/α,β-unsaturated/α-hetero) is 1. The number of alkyl halides is 4. The molecule has 0 heterocycles. The summed E-state index contributed by atoms with van der Waals surface area (Å²) in [6, 6.07) is 0. The normalized spacial score (nSPS) is 17.4. The van der Waals surface area contributed by atoms with Crippen molar-refractivity contribution in [2.24, 2.45) is 5.41 Å². The van der Waals surface area contributed by atoms with E-state index in [0.717, 1.165) is 0 Å². The maximum absolute atomic E-state index is 13.5. The van der Waals surface area contributed by atoms with Crippen molar-refractivity contribution in [3.8, 4) is 0 Å². The highest BCUT2D eigenvalue weighted by Crippen LogP contribution is 2.40. The van der Waals surface area contributed by atoms with Crippen molar-refractivity contribution in [3.05, 3.63) is 0 Å². The molecule has 0 saturated carbocycles. The summed E-state index contributed by atoms with van der Waals surface area (Å²) in [7, 11) is 0. The van der Waals surface area contributed by atoms with Gasteiger partial charge in [-0.1, -0.05) is 0 Å². The van der Waals surface area contributed by atoms with Gasteiger partial charge in [-0.2, -0.15) is 0 Å². The summed E-state index contributed by atoms with van der Waals surface area (Å²) in [6.45, 7) is 0. The standard InChI is InChI=1S/C16H20ClF3O9/c17-10(15(28)29)11(21)16(4-1-7(18)12(22)23,5-2-8(19)13(24)25)6-3-9(20)14(26)27/h7-10H,1-6H2,(H,22,23)(H,24,25)(H,26,27)(H,28,29). The maximum atomic E-state index is 13.5. The van der Waals surface area contributed by atoms with Crippen molar-refractivity contribution in [1.29, 1.82) is 0 Å². The first-order chi connectivity index (χ1) is 13.2. The maximum Gasteiger partial charge on any atom is 0.338 e. The Morgan fingerprint density at radius 2 is 0.931 bits per heavy atom. The first-order valence-electron chi connectivity index (χ1n) is 8.27. The second-order valence-electron chi connectivity index (χ2n) is 6.38. The van der Waals surface area contributed by atoms with E-state index in [4.69, 9.17) is 32.0 Å². The quantitative estimate of drug-likeness (QED) is 0.216.